The summed E-state index contributed by atoms with van der Waals surface area (Å²) in [4.78, 5) is 27.8. The van der Waals surface area contributed by atoms with Gasteiger partial charge in [-0.15, -0.1) is 0 Å². The number of thiazole rings is 1. The van der Waals surface area contributed by atoms with Gasteiger partial charge in [-0.2, -0.15) is 0 Å². The molecular weight excluding hydrogens is 278 g/mol. The molecule has 6 nitrogen and oxygen atoms in total. The average Bonchev–Trinajstić information content (AvgIpc) is 2.91. The lowest BCUT2D eigenvalue weighted by molar-refractivity contribution is -0.116. The Kier molecular flexibility index (Phi) is 4.11. The smallest absolute Gasteiger partial charge is 0.358 e. The van der Waals surface area contributed by atoms with Crippen LogP contribution in [0.5, 0.6) is 0 Å². The number of ether oxygens (including phenoxy) is 1. The minimum absolute atomic E-state index is 0.149. The molecule has 2 N–H and O–H groups in total. The Labute approximate surface area is 119 Å². The van der Waals surface area contributed by atoms with E-state index in [0.29, 0.717) is 4.88 Å². The molecular formula is C13H13N3O3S. The van der Waals surface area contributed by atoms with Gasteiger partial charge in [-0.05, 0) is 5.56 Å². The molecule has 1 aromatic carbocycles. The van der Waals surface area contributed by atoms with Gasteiger partial charge >= 0.3 is 5.97 Å². The summed E-state index contributed by atoms with van der Waals surface area (Å²) in [6, 6.07) is 9.26. The molecule has 0 aliphatic rings. The molecule has 0 atom stereocenters. The van der Waals surface area contributed by atoms with E-state index in [1.165, 1.54) is 14.0 Å². The number of hydrogen-bond acceptors (Lipinski definition) is 6. The molecule has 0 bridgehead atoms. The molecule has 0 saturated carbocycles. The third kappa shape index (κ3) is 2.68. The topological polar surface area (TPSA) is 85.5 Å². The number of esters is 1. The first-order valence-electron chi connectivity index (χ1n) is 5.74. The molecule has 0 saturated heterocycles. The van der Waals surface area contributed by atoms with E-state index >= 15 is 0 Å². The number of hydrogen-bond donors (Lipinski definition) is 1. The number of hydrazine groups is 1. The fourth-order valence-electron chi connectivity index (χ4n) is 1.57. The van der Waals surface area contributed by atoms with Crippen molar-refractivity contribution in [1.29, 1.82) is 0 Å². The number of benzene rings is 1. The van der Waals surface area contributed by atoms with Crippen LogP contribution in [-0.2, 0) is 9.53 Å². The van der Waals surface area contributed by atoms with Gasteiger partial charge in [0.1, 0.15) is 0 Å². The molecule has 2 aromatic rings. The molecule has 0 spiro atoms. The Morgan fingerprint density at radius 3 is 2.50 bits per heavy atom. The van der Waals surface area contributed by atoms with Gasteiger partial charge in [0.25, 0.3) is 0 Å². The number of aromatic nitrogens is 1. The number of amides is 1. The molecule has 0 radical (unpaired) electrons. The predicted octanol–water partition coefficient (Wildman–Crippen LogP) is 1.82. The van der Waals surface area contributed by atoms with Crippen LogP contribution in [0.1, 0.15) is 17.4 Å². The minimum Gasteiger partial charge on any atom is -0.464 e. The number of anilines is 1. The lowest BCUT2D eigenvalue weighted by Crippen LogP contribution is -2.35. The Hall–Kier alpha value is -2.25. The van der Waals surface area contributed by atoms with Gasteiger partial charge in [-0.25, -0.2) is 20.6 Å². The zero-order chi connectivity index (χ0) is 14.7. The highest BCUT2D eigenvalue weighted by atomic mass is 32.1. The lowest BCUT2D eigenvalue weighted by Gasteiger charge is -2.08. The van der Waals surface area contributed by atoms with Crippen LogP contribution in [0.15, 0.2) is 30.3 Å². The Bertz CT molecular complexity index is 640. The molecule has 20 heavy (non-hydrogen) atoms. The fraction of sp³-hybridized carbons (Fsp3) is 0.154. The van der Waals surface area contributed by atoms with Crippen molar-refractivity contribution in [3.8, 4) is 10.4 Å². The van der Waals surface area contributed by atoms with Crippen LogP contribution in [0, 0.1) is 0 Å². The molecule has 7 heteroatoms. The number of rotatable bonds is 3. The van der Waals surface area contributed by atoms with Crippen LogP contribution < -0.4 is 10.9 Å². The quantitative estimate of drug-likeness (QED) is 0.403. The number of carbonyl (C=O) groups is 2. The average molecular weight is 291 g/mol. The molecule has 1 heterocycles. The van der Waals surface area contributed by atoms with Gasteiger partial charge in [-0.3, -0.25) is 4.79 Å². The summed E-state index contributed by atoms with van der Waals surface area (Å²) in [6.07, 6.45) is 0. The molecule has 104 valence electrons. The van der Waals surface area contributed by atoms with Crippen molar-refractivity contribution < 1.29 is 14.3 Å². The van der Waals surface area contributed by atoms with Crippen LogP contribution in [0.3, 0.4) is 0 Å². The van der Waals surface area contributed by atoms with E-state index < -0.39 is 5.97 Å². The van der Waals surface area contributed by atoms with Gasteiger partial charge in [0.05, 0.1) is 12.0 Å². The van der Waals surface area contributed by atoms with Gasteiger partial charge in [0, 0.05) is 6.92 Å². The SMILES string of the molecule is COC(=O)c1nc(N(N)C(C)=O)sc1-c1ccccc1. The maximum Gasteiger partial charge on any atom is 0.358 e. The van der Waals surface area contributed by atoms with Crippen LogP contribution in [0.25, 0.3) is 10.4 Å². The maximum absolute atomic E-state index is 11.8. The minimum atomic E-state index is -0.566. The molecule has 1 aromatic heterocycles. The van der Waals surface area contributed by atoms with E-state index in [2.05, 4.69) is 4.98 Å². The Morgan fingerprint density at radius 1 is 1.30 bits per heavy atom. The van der Waals surface area contributed by atoms with E-state index in [4.69, 9.17) is 10.6 Å². The van der Waals surface area contributed by atoms with E-state index in [9.17, 15) is 9.59 Å². The second-order valence-corrected chi connectivity index (χ2v) is 4.90. The molecule has 0 unspecified atom stereocenters. The van der Waals surface area contributed by atoms with E-state index in [-0.39, 0.29) is 16.7 Å². The molecule has 0 aliphatic carbocycles. The molecule has 2 rings (SSSR count). The van der Waals surface area contributed by atoms with Crippen LogP contribution in [0.2, 0.25) is 0 Å². The standard InChI is InChI=1S/C13H13N3O3S/c1-8(17)16(14)13-15-10(12(18)19-2)11(20-13)9-6-4-3-5-7-9/h3-7H,14H2,1-2H3. The number of methoxy groups -OCH3 is 1. The summed E-state index contributed by atoms with van der Waals surface area (Å²) in [5.74, 6) is 4.69. The van der Waals surface area contributed by atoms with E-state index in [0.717, 1.165) is 21.9 Å². The number of carbonyl (C=O) groups excluding carboxylic acids is 2. The summed E-state index contributed by atoms with van der Waals surface area (Å²) < 4.78 is 4.71. The van der Waals surface area contributed by atoms with Crippen LogP contribution >= 0.6 is 11.3 Å². The van der Waals surface area contributed by atoms with Crippen LogP contribution in [0.4, 0.5) is 5.13 Å². The first kappa shape index (κ1) is 14.2. The zero-order valence-electron chi connectivity index (χ0n) is 11.0. The van der Waals surface area contributed by atoms with Gasteiger partial charge in [0.2, 0.25) is 11.0 Å². The highest BCUT2D eigenvalue weighted by Gasteiger charge is 2.23. The fourth-order valence-corrected chi connectivity index (χ4v) is 2.59. The highest BCUT2D eigenvalue weighted by molar-refractivity contribution is 7.19. The lowest BCUT2D eigenvalue weighted by atomic mass is 10.1. The Morgan fingerprint density at radius 2 is 1.95 bits per heavy atom. The second-order valence-electron chi connectivity index (χ2n) is 3.92. The Balaban J connectivity index is 2.54. The van der Waals surface area contributed by atoms with Gasteiger partial charge in [-0.1, -0.05) is 41.7 Å². The highest BCUT2D eigenvalue weighted by Crippen LogP contribution is 2.34. The van der Waals surface area contributed by atoms with Crippen molar-refractivity contribution in [2.75, 3.05) is 12.1 Å². The van der Waals surface area contributed by atoms with E-state index in [1.807, 2.05) is 30.3 Å². The summed E-state index contributed by atoms with van der Waals surface area (Å²) in [5, 5.41) is 1.15. The van der Waals surface area contributed by atoms with Crippen molar-refractivity contribution >= 4 is 28.3 Å². The van der Waals surface area contributed by atoms with Gasteiger partial charge < -0.3 is 4.74 Å². The zero-order valence-corrected chi connectivity index (χ0v) is 11.8. The van der Waals surface area contributed by atoms with Crippen molar-refractivity contribution in [2.24, 2.45) is 5.84 Å². The van der Waals surface area contributed by atoms with E-state index in [1.54, 1.807) is 0 Å². The third-order valence-electron chi connectivity index (χ3n) is 2.58. The van der Waals surface area contributed by atoms with Crippen molar-refractivity contribution in [3.05, 3.63) is 36.0 Å². The first-order valence-corrected chi connectivity index (χ1v) is 6.56. The van der Waals surface area contributed by atoms with Crippen molar-refractivity contribution in [3.63, 3.8) is 0 Å². The summed E-state index contributed by atoms with van der Waals surface area (Å²) in [7, 11) is 1.28. The number of nitrogens with zero attached hydrogens (tertiary/aromatic N) is 2. The monoisotopic (exact) mass is 291 g/mol. The maximum atomic E-state index is 11.8. The van der Waals surface area contributed by atoms with Crippen molar-refractivity contribution in [2.45, 2.75) is 6.92 Å². The molecule has 0 fully saturated rings. The largest absolute Gasteiger partial charge is 0.464 e. The summed E-state index contributed by atoms with van der Waals surface area (Å²) in [5.41, 5.74) is 0.962. The summed E-state index contributed by atoms with van der Waals surface area (Å²) >= 11 is 1.16. The third-order valence-corrected chi connectivity index (χ3v) is 3.68. The molecule has 1 amide bonds. The summed E-state index contributed by atoms with van der Waals surface area (Å²) in [6.45, 7) is 1.32. The first-order chi connectivity index (χ1) is 9.54. The number of nitrogens with two attached hydrogens (primary N) is 1. The van der Waals surface area contributed by atoms with Crippen LogP contribution in [-0.4, -0.2) is 24.0 Å². The normalized spacial score (nSPS) is 10.2. The van der Waals surface area contributed by atoms with Gasteiger partial charge in [0.15, 0.2) is 5.69 Å². The predicted molar refractivity (Wildman–Crippen MR) is 76.2 cm³/mol. The van der Waals surface area contributed by atoms with Crippen molar-refractivity contribution in [1.82, 2.24) is 4.98 Å². The second kappa shape index (κ2) is 5.81. The molecule has 0 aliphatic heterocycles.